The summed E-state index contributed by atoms with van der Waals surface area (Å²) >= 11 is 0. The number of amides is 1. The smallest absolute Gasteiger partial charge is 0.277 e. The number of rotatable bonds is 7. The van der Waals surface area contributed by atoms with Crippen molar-refractivity contribution < 1.29 is 22.6 Å². The summed E-state index contributed by atoms with van der Waals surface area (Å²) in [5.74, 6) is -0.270. The molecule has 1 aliphatic heterocycles. The number of nitrogens with zero attached hydrogens (tertiary/aromatic N) is 7. The first-order valence-electron chi connectivity index (χ1n) is 11.4. The van der Waals surface area contributed by atoms with Crippen molar-refractivity contribution >= 4 is 21.9 Å². The molecule has 0 bridgehead atoms. The highest BCUT2D eigenvalue weighted by Crippen LogP contribution is 2.30. The van der Waals surface area contributed by atoms with Crippen molar-refractivity contribution in [1.82, 2.24) is 35.0 Å². The summed E-state index contributed by atoms with van der Waals surface area (Å²) < 4.78 is 40.3. The topological polar surface area (TPSA) is 158 Å². The van der Waals surface area contributed by atoms with Crippen LogP contribution in [0.1, 0.15) is 28.0 Å². The van der Waals surface area contributed by atoms with Crippen LogP contribution in [-0.2, 0) is 17.1 Å². The van der Waals surface area contributed by atoms with E-state index in [2.05, 4.69) is 34.7 Å². The number of aryl methyl sites for hydroxylation is 3. The highest BCUT2D eigenvalue weighted by Gasteiger charge is 2.30. The summed E-state index contributed by atoms with van der Waals surface area (Å²) in [6.07, 6.45) is 4.06. The van der Waals surface area contributed by atoms with E-state index in [1.165, 1.54) is 23.3 Å². The molecular weight excluding hydrogens is 500 g/mol. The number of hydrogen-bond acceptors (Lipinski definition) is 10. The van der Waals surface area contributed by atoms with Crippen molar-refractivity contribution in [1.29, 1.82) is 0 Å². The number of benzene rings is 1. The lowest BCUT2D eigenvalue weighted by molar-refractivity contribution is 0.0760. The first-order valence-corrected chi connectivity index (χ1v) is 12.9. The molecule has 192 valence electrons. The van der Waals surface area contributed by atoms with Gasteiger partial charge in [0.15, 0.2) is 5.69 Å². The average Bonchev–Trinajstić information content (AvgIpc) is 3.61. The number of hydrogen-bond donors (Lipinski definition) is 1. The molecule has 1 atom stereocenters. The van der Waals surface area contributed by atoms with Crippen molar-refractivity contribution in [3.8, 4) is 17.1 Å². The fourth-order valence-corrected chi connectivity index (χ4v) is 5.12. The molecule has 5 rings (SSSR count). The van der Waals surface area contributed by atoms with Gasteiger partial charge in [-0.15, -0.1) is 0 Å². The monoisotopic (exact) mass is 524 g/mol. The van der Waals surface area contributed by atoms with E-state index in [4.69, 9.17) is 4.74 Å². The minimum atomic E-state index is -3.99. The Morgan fingerprint density at radius 1 is 1.19 bits per heavy atom. The average molecular weight is 525 g/mol. The fraction of sp³-hybridized carbons (Fsp3) is 0.304. The molecule has 0 spiro atoms. The van der Waals surface area contributed by atoms with Crippen molar-refractivity contribution in [2.75, 3.05) is 17.8 Å². The maximum absolute atomic E-state index is 12.9. The van der Waals surface area contributed by atoms with Crippen LogP contribution >= 0.6 is 0 Å². The van der Waals surface area contributed by atoms with Gasteiger partial charge in [-0.25, -0.2) is 22.8 Å². The van der Waals surface area contributed by atoms with Crippen LogP contribution in [0.25, 0.3) is 11.3 Å². The van der Waals surface area contributed by atoms with Crippen molar-refractivity contribution in [2.45, 2.75) is 31.3 Å². The zero-order valence-corrected chi connectivity index (χ0v) is 21.1. The number of likely N-dealkylation sites (tertiary alicyclic amines) is 1. The zero-order chi connectivity index (χ0) is 26.2. The van der Waals surface area contributed by atoms with Crippen LogP contribution in [0.4, 0.5) is 5.95 Å². The van der Waals surface area contributed by atoms with Gasteiger partial charge in [0.1, 0.15) is 17.2 Å². The molecule has 1 aromatic carbocycles. The molecule has 1 fully saturated rings. The van der Waals surface area contributed by atoms with E-state index >= 15 is 0 Å². The van der Waals surface area contributed by atoms with Crippen LogP contribution in [0.15, 0.2) is 52.4 Å². The van der Waals surface area contributed by atoms with Gasteiger partial charge in [-0.05, 0) is 30.1 Å². The van der Waals surface area contributed by atoms with Crippen LogP contribution in [0.2, 0.25) is 0 Å². The van der Waals surface area contributed by atoms with Crippen molar-refractivity contribution in [3.63, 3.8) is 0 Å². The first kappa shape index (κ1) is 24.4. The van der Waals surface area contributed by atoms with Gasteiger partial charge in [0.05, 0.1) is 18.4 Å². The molecule has 0 aliphatic carbocycles. The summed E-state index contributed by atoms with van der Waals surface area (Å²) in [4.78, 5) is 23.0. The van der Waals surface area contributed by atoms with Crippen molar-refractivity contribution in [2.24, 2.45) is 7.05 Å². The molecule has 4 aromatic rings. The van der Waals surface area contributed by atoms with Gasteiger partial charge in [-0.2, -0.15) is 10.1 Å². The number of anilines is 1. The lowest BCUT2D eigenvalue weighted by Crippen LogP contribution is -2.31. The van der Waals surface area contributed by atoms with Gasteiger partial charge in [0.25, 0.3) is 15.9 Å². The highest BCUT2D eigenvalue weighted by molar-refractivity contribution is 7.92. The number of aromatic nitrogens is 6. The Morgan fingerprint density at radius 3 is 2.65 bits per heavy atom. The third kappa shape index (κ3) is 5.14. The number of carbonyl (C=O) groups is 1. The van der Waals surface area contributed by atoms with E-state index in [-0.39, 0.29) is 34.4 Å². The molecular formula is C23H24N8O5S. The van der Waals surface area contributed by atoms with Crippen LogP contribution in [0.5, 0.6) is 5.88 Å². The maximum atomic E-state index is 12.9. The van der Waals surface area contributed by atoms with Crippen LogP contribution in [-0.4, -0.2) is 68.5 Å². The number of ether oxygens (including phenoxy) is 1. The van der Waals surface area contributed by atoms with Gasteiger partial charge < -0.3 is 9.64 Å². The molecule has 1 unspecified atom stereocenters. The molecule has 0 radical (unpaired) electrons. The Hall–Kier alpha value is -4.33. The Balaban J connectivity index is 1.45. The summed E-state index contributed by atoms with van der Waals surface area (Å²) in [5.41, 5.74) is 3.39. The van der Waals surface area contributed by atoms with Crippen molar-refractivity contribution in [3.05, 3.63) is 59.7 Å². The Morgan fingerprint density at radius 2 is 1.97 bits per heavy atom. The summed E-state index contributed by atoms with van der Waals surface area (Å²) in [7, 11) is -2.37. The molecule has 3 aromatic heterocycles. The molecule has 1 N–H and O–H groups in total. The van der Waals surface area contributed by atoms with E-state index in [9.17, 15) is 13.2 Å². The molecule has 1 saturated heterocycles. The summed E-state index contributed by atoms with van der Waals surface area (Å²) in [6.45, 7) is 4.64. The Bertz CT molecular complexity index is 1530. The quantitative estimate of drug-likeness (QED) is 0.379. The lowest BCUT2D eigenvalue weighted by Gasteiger charge is -2.17. The third-order valence-corrected chi connectivity index (χ3v) is 7.24. The standard InChI is InChI=1S/C23H24N8O5S/c1-14-5-4-6-15(2)21(14)18-9-20(27-23(26-18)29-37(33,34)17-10-24-30(3)13-17)35-16-7-8-31(12-16)22(32)19-11-25-36-28-19/h4-6,9-11,13,16H,7-8,12H2,1-3H3,(H,26,27,29). The lowest BCUT2D eigenvalue weighted by atomic mass is 10.00. The van der Waals surface area contributed by atoms with Crippen LogP contribution in [0, 0.1) is 13.8 Å². The first-order chi connectivity index (χ1) is 17.7. The van der Waals surface area contributed by atoms with Crippen LogP contribution in [0.3, 0.4) is 0 Å². The fourth-order valence-electron chi connectivity index (χ4n) is 4.19. The number of nitrogens with one attached hydrogen (secondary N) is 1. The zero-order valence-electron chi connectivity index (χ0n) is 20.3. The molecule has 4 heterocycles. The van der Waals surface area contributed by atoms with E-state index in [0.29, 0.717) is 25.2 Å². The predicted octanol–water partition coefficient (Wildman–Crippen LogP) is 1.97. The normalized spacial score (nSPS) is 15.6. The second-order valence-corrected chi connectivity index (χ2v) is 10.4. The van der Waals surface area contributed by atoms with Gasteiger partial charge in [-0.1, -0.05) is 23.4 Å². The third-order valence-electron chi connectivity index (χ3n) is 5.96. The van der Waals surface area contributed by atoms with Gasteiger partial charge in [0.2, 0.25) is 11.8 Å². The van der Waals surface area contributed by atoms with Crippen LogP contribution < -0.4 is 9.46 Å². The summed E-state index contributed by atoms with van der Waals surface area (Å²) in [5, 5.41) is 11.0. The Labute approximate surface area is 212 Å². The molecule has 14 heteroatoms. The number of sulfonamides is 1. The molecule has 37 heavy (non-hydrogen) atoms. The molecule has 1 amide bonds. The Kier molecular flexibility index (Phi) is 6.33. The van der Waals surface area contributed by atoms with E-state index in [1.54, 1.807) is 18.0 Å². The molecule has 0 saturated carbocycles. The second kappa shape index (κ2) is 9.61. The van der Waals surface area contributed by atoms with Gasteiger partial charge in [-0.3, -0.25) is 9.48 Å². The van der Waals surface area contributed by atoms with Gasteiger partial charge in [0, 0.05) is 37.8 Å². The van der Waals surface area contributed by atoms with E-state index < -0.39 is 10.0 Å². The second-order valence-electron chi connectivity index (χ2n) is 8.71. The van der Waals surface area contributed by atoms with Gasteiger partial charge >= 0.3 is 0 Å². The molecule has 13 nitrogen and oxygen atoms in total. The minimum Gasteiger partial charge on any atom is -0.472 e. The van der Waals surface area contributed by atoms with E-state index in [1.807, 2.05) is 32.0 Å². The van der Waals surface area contributed by atoms with E-state index in [0.717, 1.165) is 16.7 Å². The minimum absolute atomic E-state index is 0.0224. The largest absolute Gasteiger partial charge is 0.472 e. The highest BCUT2D eigenvalue weighted by atomic mass is 32.2. The summed E-state index contributed by atoms with van der Waals surface area (Å²) in [6, 6.07) is 7.50. The number of carbonyl (C=O) groups excluding carboxylic acids is 1. The maximum Gasteiger partial charge on any atom is 0.277 e. The SMILES string of the molecule is Cc1cccc(C)c1-c1cc(OC2CCN(C(=O)c3cnon3)C2)nc(NS(=O)(=O)c2cnn(C)c2)n1. The molecule has 1 aliphatic rings. The predicted molar refractivity (Wildman–Crippen MR) is 130 cm³/mol.